The van der Waals surface area contributed by atoms with Gasteiger partial charge in [-0.25, -0.2) is 9.07 Å². The summed E-state index contributed by atoms with van der Waals surface area (Å²) in [6, 6.07) is 6.00. The molecular weight excluding hydrogens is 263 g/mol. The summed E-state index contributed by atoms with van der Waals surface area (Å²) in [4.78, 5) is 4.19. The van der Waals surface area contributed by atoms with Crippen LogP contribution in [-0.4, -0.2) is 25.1 Å². The molecule has 0 spiro atoms. The maximum Gasteiger partial charge on any atom is 0.248 e. The van der Waals surface area contributed by atoms with E-state index in [1.54, 1.807) is 23.0 Å². The van der Waals surface area contributed by atoms with Gasteiger partial charge in [-0.1, -0.05) is 22.5 Å². The summed E-state index contributed by atoms with van der Waals surface area (Å²) in [7, 11) is 0. The van der Waals surface area contributed by atoms with Crippen LogP contribution in [0.25, 0.3) is 11.4 Å². The van der Waals surface area contributed by atoms with E-state index < -0.39 is 0 Å². The summed E-state index contributed by atoms with van der Waals surface area (Å²) in [5, 5.41) is 11.5. The van der Waals surface area contributed by atoms with Crippen molar-refractivity contribution in [3.63, 3.8) is 0 Å². The van der Waals surface area contributed by atoms with Gasteiger partial charge in [0.2, 0.25) is 11.7 Å². The Hall–Kier alpha value is -2.61. The third-order valence-electron chi connectivity index (χ3n) is 2.64. The average molecular weight is 274 g/mol. The van der Waals surface area contributed by atoms with Gasteiger partial charge < -0.3 is 10.3 Å². The predicted molar refractivity (Wildman–Crippen MR) is 66.7 cm³/mol. The van der Waals surface area contributed by atoms with E-state index in [-0.39, 0.29) is 12.4 Å². The number of aromatic nitrogens is 5. The molecule has 20 heavy (non-hydrogen) atoms. The second kappa shape index (κ2) is 5.17. The number of nitrogens with zero attached hydrogens (tertiary/aromatic N) is 5. The molecule has 0 atom stereocenters. The summed E-state index contributed by atoms with van der Waals surface area (Å²) in [6.45, 7) is 0.605. The van der Waals surface area contributed by atoms with Crippen molar-refractivity contribution in [3.05, 3.63) is 47.9 Å². The SMILES string of the molecule is NCc1cn(Cc2nc(-c3cccc(F)c3)no2)nn1. The monoisotopic (exact) mass is 274 g/mol. The van der Waals surface area contributed by atoms with E-state index in [2.05, 4.69) is 20.5 Å². The highest BCUT2D eigenvalue weighted by Crippen LogP contribution is 2.16. The molecule has 2 heterocycles. The zero-order valence-electron chi connectivity index (χ0n) is 10.4. The number of hydrogen-bond donors (Lipinski definition) is 1. The van der Waals surface area contributed by atoms with Crippen molar-refractivity contribution < 1.29 is 8.91 Å². The van der Waals surface area contributed by atoms with Crippen molar-refractivity contribution in [1.82, 2.24) is 25.1 Å². The summed E-state index contributed by atoms with van der Waals surface area (Å²) in [6.07, 6.45) is 1.70. The van der Waals surface area contributed by atoms with Gasteiger partial charge in [0.15, 0.2) is 0 Å². The fourth-order valence-corrected chi connectivity index (χ4v) is 1.71. The standard InChI is InChI=1S/C12H11FN6O/c13-9-3-1-2-8(4-9)12-15-11(20-17-12)7-19-6-10(5-14)16-18-19/h1-4,6H,5,7,14H2. The number of halogens is 1. The summed E-state index contributed by atoms with van der Waals surface area (Å²) >= 11 is 0. The Balaban J connectivity index is 1.80. The molecule has 0 aliphatic rings. The minimum Gasteiger partial charge on any atom is -0.337 e. The van der Waals surface area contributed by atoms with Crippen molar-refractivity contribution in [2.24, 2.45) is 5.73 Å². The molecule has 0 aliphatic carbocycles. The van der Waals surface area contributed by atoms with Crippen LogP contribution in [0.5, 0.6) is 0 Å². The fraction of sp³-hybridized carbons (Fsp3) is 0.167. The lowest BCUT2D eigenvalue weighted by Gasteiger charge is -1.93. The first-order valence-corrected chi connectivity index (χ1v) is 5.92. The van der Waals surface area contributed by atoms with E-state index >= 15 is 0 Å². The number of hydrogen-bond acceptors (Lipinski definition) is 6. The molecule has 0 saturated heterocycles. The van der Waals surface area contributed by atoms with Crippen LogP contribution in [0, 0.1) is 5.82 Å². The van der Waals surface area contributed by atoms with Gasteiger partial charge in [0, 0.05) is 12.1 Å². The van der Waals surface area contributed by atoms with Gasteiger partial charge in [0.25, 0.3) is 0 Å². The second-order valence-corrected chi connectivity index (χ2v) is 4.13. The highest BCUT2D eigenvalue weighted by Gasteiger charge is 2.10. The zero-order chi connectivity index (χ0) is 13.9. The molecule has 2 N–H and O–H groups in total. The molecule has 2 aromatic heterocycles. The van der Waals surface area contributed by atoms with Crippen LogP contribution in [0.2, 0.25) is 0 Å². The van der Waals surface area contributed by atoms with Gasteiger partial charge in [-0.3, -0.25) is 0 Å². The maximum atomic E-state index is 13.1. The van der Waals surface area contributed by atoms with Crippen LogP contribution >= 0.6 is 0 Å². The molecule has 3 aromatic rings. The Morgan fingerprint density at radius 3 is 3.00 bits per heavy atom. The lowest BCUT2D eigenvalue weighted by Crippen LogP contribution is -2.00. The Kier molecular flexibility index (Phi) is 3.21. The zero-order valence-corrected chi connectivity index (χ0v) is 10.4. The number of nitrogens with two attached hydrogens (primary N) is 1. The summed E-state index contributed by atoms with van der Waals surface area (Å²) in [5.74, 6) is 0.342. The normalized spacial score (nSPS) is 10.9. The van der Waals surface area contributed by atoms with Crippen LogP contribution in [0.3, 0.4) is 0 Å². The topological polar surface area (TPSA) is 95.7 Å². The first-order valence-electron chi connectivity index (χ1n) is 5.92. The van der Waals surface area contributed by atoms with Gasteiger partial charge in [-0.05, 0) is 12.1 Å². The van der Waals surface area contributed by atoms with Gasteiger partial charge in [-0.15, -0.1) is 5.10 Å². The Morgan fingerprint density at radius 1 is 1.35 bits per heavy atom. The predicted octanol–water partition coefficient (Wildman–Crippen LogP) is 0.974. The molecule has 102 valence electrons. The highest BCUT2D eigenvalue weighted by atomic mass is 19.1. The number of benzene rings is 1. The van der Waals surface area contributed by atoms with Gasteiger partial charge in [0.1, 0.15) is 12.4 Å². The van der Waals surface area contributed by atoms with E-state index in [9.17, 15) is 4.39 Å². The smallest absolute Gasteiger partial charge is 0.248 e. The third-order valence-corrected chi connectivity index (χ3v) is 2.64. The Morgan fingerprint density at radius 2 is 2.25 bits per heavy atom. The van der Waals surface area contributed by atoms with E-state index in [1.807, 2.05) is 0 Å². The quantitative estimate of drug-likeness (QED) is 0.761. The minimum absolute atomic E-state index is 0.287. The van der Waals surface area contributed by atoms with E-state index in [0.717, 1.165) is 0 Å². The minimum atomic E-state index is -0.349. The van der Waals surface area contributed by atoms with Crippen molar-refractivity contribution in [2.45, 2.75) is 13.1 Å². The lowest BCUT2D eigenvalue weighted by molar-refractivity contribution is 0.364. The fourth-order valence-electron chi connectivity index (χ4n) is 1.71. The second-order valence-electron chi connectivity index (χ2n) is 4.13. The first-order chi connectivity index (χ1) is 9.74. The van der Waals surface area contributed by atoms with Crippen LogP contribution in [-0.2, 0) is 13.1 Å². The van der Waals surface area contributed by atoms with Gasteiger partial charge >= 0.3 is 0 Å². The molecule has 0 aliphatic heterocycles. The van der Waals surface area contributed by atoms with Crippen molar-refractivity contribution >= 4 is 0 Å². The Labute approximate surface area is 113 Å². The summed E-state index contributed by atoms with van der Waals surface area (Å²) < 4.78 is 19.8. The lowest BCUT2D eigenvalue weighted by atomic mass is 10.2. The molecule has 3 rings (SSSR count). The van der Waals surface area contributed by atoms with E-state index in [4.69, 9.17) is 10.3 Å². The molecule has 0 amide bonds. The Bertz CT molecular complexity index is 722. The molecular formula is C12H11FN6O. The largest absolute Gasteiger partial charge is 0.337 e. The molecule has 0 unspecified atom stereocenters. The van der Waals surface area contributed by atoms with Gasteiger partial charge in [0.05, 0.1) is 11.9 Å². The number of rotatable bonds is 4. The molecule has 0 bridgehead atoms. The molecule has 0 radical (unpaired) electrons. The first kappa shape index (κ1) is 12.4. The molecule has 0 fully saturated rings. The van der Waals surface area contributed by atoms with Crippen molar-refractivity contribution in [1.29, 1.82) is 0 Å². The molecule has 8 heteroatoms. The van der Waals surface area contributed by atoms with Crippen LogP contribution in [0.15, 0.2) is 35.0 Å². The average Bonchev–Trinajstić information content (AvgIpc) is 3.08. The van der Waals surface area contributed by atoms with Crippen LogP contribution in [0.1, 0.15) is 11.6 Å². The van der Waals surface area contributed by atoms with E-state index in [1.165, 1.54) is 12.1 Å². The molecule has 0 saturated carbocycles. The maximum absolute atomic E-state index is 13.1. The van der Waals surface area contributed by atoms with Crippen LogP contribution in [0.4, 0.5) is 4.39 Å². The summed E-state index contributed by atoms with van der Waals surface area (Å²) in [5.41, 5.74) is 6.68. The van der Waals surface area contributed by atoms with Gasteiger partial charge in [-0.2, -0.15) is 4.98 Å². The molecule has 1 aromatic carbocycles. The van der Waals surface area contributed by atoms with Crippen molar-refractivity contribution in [2.75, 3.05) is 0 Å². The highest BCUT2D eigenvalue weighted by molar-refractivity contribution is 5.53. The van der Waals surface area contributed by atoms with Crippen LogP contribution < -0.4 is 5.73 Å². The third kappa shape index (κ3) is 2.54. The van der Waals surface area contributed by atoms with Crippen molar-refractivity contribution in [3.8, 4) is 11.4 Å². The van der Waals surface area contributed by atoms with E-state index in [0.29, 0.717) is 29.5 Å². The molecule has 7 nitrogen and oxygen atoms in total.